The minimum absolute atomic E-state index is 0.0734. The van der Waals surface area contributed by atoms with Crippen molar-refractivity contribution in [2.24, 2.45) is 0 Å². The molecular weight excluding hydrogens is 279 g/mol. The Labute approximate surface area is 122 Å². The van der Waals surface area contributed by atoms with Crippen LogP contribution in [0.4, 0.5) is 13.2 Å². The number of hydrogen-bond acceptors (Lipinski definition) is 1. The third-order valence-electron chi connectivity index (χ3n) is 4.03. The molecule has 1 fully saturated rings. The Kier molecular flexibility index (Phi) is 4.04. The number of hydrogen-bond donors (Lipinski definition) is 1. The van der Waals surface area contributed by atoms with Gasteiger partial charge < -0.3 is 5.32 Å². The van der Waals surface area contributed by atoms with Crippen LogP contribution in [0.15, 0.2) is 18.2 Å². The first-order chi connectivity index (χ1) is 9.61. The third-order valence-corrected chi connectivity index (χ3v) is 4.03. The number of carbonyl (C=O) groups is 1. The lowest BCUT2D eigenvalue weighted by Crippen LogP contribution is -2.33. The first-order valence-corrected chi connectivity index (χ1v) is 7.11. The van der Waals surface area contributed by atoms with Crippen molar-refractivity contribution in [1.29, 1.82) is 0 Å². The van der Waals surface area contributed by atoms with Crippen LogP contribution in [0, 0.1) is 0 Å². The number of alkyl halides is 3. The average Bonchev–Trinajstić information content (AvgIpc) is 3.14. The zero-order chi connectivity index (χ0) is 15.8. The summed E-state index contributed by atoms with van der Waals surface area (Å²) in [6.07, 6.45) is -2.28. The second kappa shape index (κ2) is 5.35. The molecule has 1 saturated carbocycles. The Balaban J connectivity index is 2.26. The zero-order valence-electron chi connectivity index (χ0n) is 12.5. The zero-order valence-corrected chi connectivity index (χ0v) is 12.5. The van der Waals surface area contributed by atoms with Gasteiger partial charge in [-0.05, 0) is 47.4 Å². The normalized spacial score (nSPS) is 16.9. The van der Waals surface area contributed by atoms with Gasteiger partial charge in [-0.1, -0.05) is 26.8 Å². The van der Waals surface area contributed by atoms with Crippen LogP contribution in [0.3, 0.4) is 0 Å². The molecule has 1 aromatic rings. The highest BCUT2D eigenvalue weighted by Crippen LogP contribution is 2.48. The molecule has 1 N–H and O–H groups in total. The fraction of sp³-hybridized carbons (Fsp3) is 0.562. The van der Waals surface area contributed by atoms with Crippen LogP contribution in [-0.2, 0) is 5.41 Å². The second-order valence-corrected chi connectivity index (χ2v) is 6.36. The molecule has 0 aliphatic heterocycles. The molecule has 1 amide bonds. The Morgan fingerprint density at radius 3 is 2.38 bits per heavy atom. The number of benzene rings is 1. The van der Waals surface area contributed by atoms with Crippen molar-refractivity contribution in [3.8, 4) is 0 Å². The third kappa shape index (κ3) is 3.99. The minimum Gasteiger partial charge on any atom is -0.343 e. The SMILES string of the molecule is CC(C)c1cc(C(=O)NCC(F)(F)F)cc(C2(C)CC2)c1. The van der Waals surface area contributed by atoms with Crippen LogP contribution in [0.1, 0.15) is 61.0 Å². The summed E-state index contributed by atoms with van der Waals surface area (Å²) in [4.78, 5) is 12.0. The summed E-state index contributed by atoms with van der Waals surface area (Å²) in [5.41, 5.74) is 2.42. The number of rotatable bonds is 4. The van der Waals surface area contributed by atoms with Gasteiger partial charge in [0.25, 0.3) is 5.91 Å². The number of amides is 1. The molecule has 0 radical (unpaired) electrons. The van der Waals surface area contributed by atoms with Crippen molar-refractivity contribution in [3.63, 3.8) is 0 Å². The predicted molar refractivity (Wildman–Crippen MR) is 75.5 cm³/mol. The van der Waals surface area contributed by atoms with Gasteiger partial charge in [0.05, 0.1) is 0 Å². The summed E-state index contributed by atoms with van der Waals surface area (Å²) in [6.45, 7) is 4.83. The van der Waals surface area contributed by atoms with Crippen LogP contribution >= 0.6 is 0 Å². The summed E-state index contributed by atoms with van der Waals surface area (Å²) in [5, 5.41) is 1.94. The summed E-state index contributed by atoms with van der Waals surface area (Å²) < 4.78 is 36.6. The van der Waals surface area contributed by atoms with E-state index in [4.69, 9.17) is 0 Å². The fourth-order valence-corrected chi connectivity index (χ4v) is 2.22. The van der Waals surface area contributed by atoms with Crippen molar-refractivity contribution in [2.75, 3.05) is 6.54 Å². The molecule has 0 saturated heterocycles. The van der Waals surface area contributed by atoms with Gasteiger partial charge >= 0.3 is 6.18 Å². The van der Waals surface area contributed by atoms with E-state index >= 15 is 0 Å². The Morgan fingerprint density at radius 2 is 1.90 bits per heavy atom. The standard InChI is InChI=1S/C16H20F3NO/c1-10(2)11-6-12(14(21)20-9-16(17,18)19)8-13(7-11)15(3)4-5-15/h6-8,10H,4-5,9H2,1-3H3,(H,20,21). The van der Waals surface area contributed by atoms with Crippen molar-refractivity contribution in [2.45, 2.75) is 51.1 Å². The molecule has 0 atom stereocenters. The maximum atomic E-state index is 12.2. The first kappa shape index (κ1) is 15.9. The van der Waals surface area contributed by atoms with Crippen LogP contribution in [0.25, 0.3) is 0 Å². The first-order valence-electron chi connectivity index (χ1n) is 7.11. The van der Waals surface area contributed by atoms with Gasteiger partial charge in [-0.2, -0.15) is 13.2 Å². The maximum Gasteiger partial charge on any atom is 0.405 e. The molecule has 116 valence electrons. The fourth-order valence-electron chi connectivity index (χ4n) is 2.22. The van der Waals surface area contributed by atoms with Gasteiger partial charge in [0, 0.05) is 5.56 Å². The van der Waals surface area contributed by atoms with Gasteiger partial charge in [-0.15, -0.1) is 0 Å². The van der Waals surface area contributed by atoms with Gasteiger partial charge in [-0.25, -0.2) is 0 Å². The van der Waals surface area contributed by atoms with Gasteiger partial charge in [0.2, 0.25) is 0 Å². The van der Waals surface area contributed by atoms with Gasteiger partial charge in [-0.3, -0.25) is 4.79 Å². The molecule has 0 aromatic heterocycles. The van der Waals surface area contributed by atoms with E-state index in [1.165, 1.54) is 0 Å². The van der Waals surface area contributed by atoms with E-state index < -0.39 is 18.6 Å². The molecule has 2 rings (SSSR count). The van der Waals surface area contributed by atoms with Gasteiger partial charge in [0.15, 0.2) is 0 Å². The minimum atomic E-state index is -4.39. The summed E-state index contributed by atoms with van der Waals surface area (Å²) in [6, 6.07) is 5.48. The monoisotopic (exact) mass is 299 g/mol. The predicted octanol–water partition coefficient (Wildman–Crippen LogP) is 4.15. The molecule has 0 heterocycles. The summed E-state index contributed by atoms with van der Waals surface area (Å²) in [7, 11) is 0. The van der Waals surface area contributed by atoms with Crippen molar-refractivity contribution >= 4 is 5.91 Å². The topological polar surface area (TPSA) is 29.1 Å². The lowest BCUT2D eigenvalue weighted by Gasteiger charge is -2.16. The number of nitrogens with one attached hydrogen (secondary N) is 1. The quantitative estimate of drug-likeness (QED) is 0.889. The van der Waals surface area contributed by atoms with Crippen LogP contribution < -0.4 is 5.32 Å². The molecule has 1 aliphatic rings. The molecule has 0 spiro atoms. The molecule has 0 unspecified atom stereocenters. The van der Waals surface area contributed by atoms with E-state index in [0.717, 1.165) is 24.0 Å². The Hall–Kier alpha value is -1.52. The lowest BCUT2D eigenvalue weighted by molar-refractivity contribution is -0.123. The van der Waals surface area contributed by atoms with Gasteiger partial charge in [0.1, 0.15) is 6.54 Å². The van der Waals surface area contributed by atoms with Crippen LogP contribution in [0.5, 0.6) is 0 Å². The van der Waals surface area contributed by atoms with E-state index in [1.54, 1.807) is 12.1 Å². The van der Waals surface area contributed by atoms with E-state index in [0.29, 0.717) is 5.56 Å². The maximum absolute atomic E-state index is 12.2. The molecular formula is C16H20F3NO. The van der Waals surface area contributed by atoms with Crippen molar-refractivity contribution < 1.29 is 18.0 Å². The largest absolute Gasteiger partial charge is 0.405 e. The highest BCUT2D eigenvalue weighted by Gasteiger charge is 2.39. The number of halogens is 3. The smallest absolute Gasteiger partial charge is 0.343 e. The summed E-state index contributed by atoms with van der Waals surface area (Å²) in [5.74, 6) is -0.443. The average molecular weight is 299 g/mol. The Morgan fingerprint density at radius 1 is 1.29 bits per heavy atom. The molecule has 0 bridgehead atoms. The van der Waals surface area contributed by atoms with E-state index in [-0.39, 0.29) is 11.3 Å². The lowest BCUT2D eigenvalue weighted by atomic mass is 9.90. The molecule has 1 aromatic carbocycles. The van der Waals surface area contributed by atoms with Crippen LogP contribution in [0.2, 0.25) is 0 Å². The van der Waals surface area contributed by atoms with E-state index in [1.807, 2.05) is 19.2 Å². The van der Waals surface area contributed by atoms with E-state index in [9.17, 15) is 18.0 Å². The van der Waals surface area contributed by atoms with Crippen molar-refractivity contribution in [3.05, 3.63) is 34.9 Å². The highest BCUT2D eigenvalue weighted by molar-refractivity contribution is 5.94. The summed E-state index contributed by atoms with van der Waals surface area (Å²) >= 11 is 0. The van der Waals surface area contributed by atoms with Crippen molar-refractivity contribution in [1.82, 2.24) is 5.32 Å². The molecule has 21 heavy (non-hydrogen) atoms. The molecule has 5 heteroatoms. The highest BCUT2D eigenvalue weighted by atomic mass is 19.4. The van der Waals surface area contributed by atoms with E-state index in [2.05, 4.69) is 13.0 Å². The Bertz CT molecular complexity index is 545. The molecule has 2 nitrogen and oxygen atoms in total. The molecule has 1 aliphatic carbocycles. The van der Waals surface area contributed by atoms with Crippen LogP contribution in [-0.4, -0.2) is 18.6 Å². The number of carbonyl (C=O) groups excluding carboxylic acids is 1. The second-order valence-electron chi connectivity index (χ2n) is 6.36.